The molecule has 0 aliphatic heterocycles. The maximum Gasteiger partial charge on any atom is 0.0314 e. The van der Waals surface area contributed by atoms with Gasteiger partial charge < -0.3 is 5.32 Å². The predicted molar refractivity (Wildman–Crippen MR) is 72.6 cm³/mol. The lowest BCUT2D eigenvalue weighted by atomic mass is 10.0. The Morgan fingerprint density at radius 1 is 1.47 bits per heavy atom. The molecule has 0 bridgehead atoms. The van der Waals surface area contributed by atoms with Gasteiger partial charge in [-0.2, -0.15) is 0 Å². The second-order valence-electron chi connectivity index (χ2n) is 4.23. The lowest BCUT2D eigenvalue weighted by Crippen LogP contribution is -2.29. The van der Waals surface area contributed by atoms with E-state index in [0.717, 1.165) is 12.5 Å². The topological polar surface area (TPSA) is 12.0 Å². The summed E-state index contributed by atoms with van der Waals surface area (Å²) in [6, 6.07) is 2.73. The Labute approximate surface area is 105 Å². The molecule has 0 aliphatic rings. The molecule has 0 spiro atoms. The molecule has 1 rings (SSSR count). The van der Waals surface area contributed by atoms with Crippen molar-refractivity contribution in [3.8, 4) is 0 Å². The van der Waals surface area contributed by atoms with Gasteiger partial charge >= 0.3 is 0 Å². The molecular weight excluding hydrogens is 270 g/mol. The molecule has 15 heavy (non-hydrogen) atoms. The van der Waals surface area contributed by atoms with Crippen LogP contribution in [0.4, 0.5) is 0 Å². The Morgan fingerprint density at radius 2 is 2.20 bits per heavy atom. The molecule has 0 saturated carbocycles. The zero-order chi connectivity index (χ0) is 11.3. The van der Waals surface area contributed by atoms with Gasteiger partial charge in [-0.25, -0.2) is 0 Å². The second-order valence-corrected chi connectivity index (χ2v) is 6.09. The zero-order valence-corrected chi connectivity index (χ0v) is 12.1. The zero-order valence-electron chi connectivity index (χ0n) is 9.72. The van der Waals surface area contributed by atoms with Crippen LogP contribution in [-0.4, -0.2) is 12.6 Å². The fourth-order valence-corrected chi connectivity index (χ4v) is 3.13. The molecule has 0 amide bonds. The maximum atomic E-state index is 3.59. The molecule has 3 heteroatoms. The number of hydrogen-bond acceptors (Lipinski definition) is 2. The quantitative estimate of drug-likeness (QED) is 0.832. The first-order chi connectivity index (χ1) is 7.13. The van der Waals surface area contributed by atoms with E-state index in [-0.39, 0.29) is 0 Å². The molecule has 1 aromatic rings. The van der Waals surface area contributed by atoms with Crippen LogP contribution in [0.15, 0.2) is 15.9 Å². The largest absolute Gasteiger partial charge is 0.314 e. The molecule has 0 aliphatic carbocycles. The lowest BCUT2D eigenvalue weighted by molar-refractivity contribution is 0.437. The van der Waals surface area contributed by atoms with Crippen LogP contribution in [0, 0.1) is 5.92 Å². The van der Waals surface area contributed by atoms with Gasteiger partial charge in [0.05, 0.1) is 0 Å². The van der Waals surface area contributed by atoms with Crippen molar-refractivity contribution >= 4 is 27.3 Å². The van der Waals surface area contributed by atoms with Crippen molar-refractivity contribution in [3.05, 3.63) is 20.8 Å². The van der Waals surface area contributed by atoms with Crippen molar-refractivity contribution in [1.29, 1.82) is 0 Å². The van der Waals surface area contributed by atoms with Crippen LogP contribution in [0.2, 0.25) is 0 Å². The van der Waals surface area contributed by atoms with Crippen LogP contribution in [0.1, 0.15) is 32.1 Å². The average Bonchev–Trinajstić information content (AvgIpc) is 2.58. The van der Waals surface area contributed by atoms with Crippen LogP contribution in [0.5, 0.6) is 0 Å². The summed E-state index contributed by atoms with van der Waals surface area (Å²) in [4.78, 5) is 1.48. The van der Waals surface area contributed by atoms with Crippen molar-refractivity contribution in [2.24, 2.45) is 5.92 Å². The van der Waals surface area contributed by atoms with Crippen molar-refractivity contribution in [2.75, 3.05) is 6.54 Å². The highest BCUT2D eigenvalue weighted by Gasteiger charge is 2.11. The van der Waals surface area contributed by atoms with Gasteiger partial charge in [-0.05, 0) is 46.3 Å². The summed E-state index contributed by atoms with van der Waals surface area (Å²) in [5.74, 6) is 0.752. The Balaban J connectivity index is 2.43. The molecule has 0 fully saturated rings. The van der Waals surface area contributed by atoms with Gasteiger partial charge in [-0.15, -0.1) is 11.3 Å². The molecular formula is C12H20BrNS. The highest BCUT2D eigenvalue weighted by atomic mass is 79.9. The van der Waals surface area contributed by atoms with Crippen molar-refractivity contribution < 1.29 is 0 Å². The maximum absolute atomic E-state index is 3.59. The minimum absolute atomic E-state index is 0.589. The van der Waals surface area contributed by atoms with Crippen molar-refractivity contribution in [3.63, 3.8) is 0 Å². The highest BCUT2D eigenvalue weighted by molar-refractivity contribution is 9.10. The number of rotatable bonds is 6. The minimum Gasteiger partial charge on any atom is -0.314 e. The molecule has 1 heterocycles. The third-order valence-electron chi connectivity index (χ3n) is 2.56. The molecule has 0 aromatic carbocycles. The normalized spacial score (nSPS) is 13.4. The molecule has 0 saturated heterocycles. The molecule has 1 nitrogen and oxygen atoms in total. The standard InChI is InChI=1S/C12H20BrNS/c1-4-10(8-14-9(2)3)7-12-11(13)5-6-15-12/h5-6,9-10,14H,4,7-8H2,1-3H3. The first kappa shape index (κ1) is 13.2. The van der Waals surface area contributed by atoms with E-state index in [0.29, 0.717) is 6.04 Å². The van der Waals surface area contributed by atoms with Crippen molar-refractivity contribution in [1.82, 2.24) is 5.32 Å². The number of hydrogen-bond donors (Lipinski definition) is 1. The van der Waals surface area contributed by atoms with E-state index in [4.69, 9.17) is 0 Å². The third-order valence-corrected chi connectivity index (χ3v) is 4.51. The Bertz CT molecular complexity index is 283. The van der Waals surface area contributed by atoms with Gasteiger partial charge in [0.1, 0.15) is 0 Å². The molecule has 1 unspecified atom stereocenters. The molecule has 0 radical (unpaired) electrons. The summed E-state index contributed by atoms with van der Waals surface area (Å²) in [5.41, 5.74) is 0. The van der Waals surface area contributed by atoms with Gasteiger partial charge in [0, 0.05) is 15.4 Å². The summed E-state index contributed by atoms with van der Waals surface area (Å²) in [6.45, 7) is 7.80. The Kier molecular flexibility index (Phi) is 5.87. The van der Waals surface area contributed by atoms with Crippen LogP contribution >= 0.6 is 27.3 Å². The highest BCUT2D eigenvalue weighted by Crippen LogP contribution is 2.26. The van der Waals surface area contributed by atoms with Gasteiger partial charge in [0.2, 0.25) is 0 Å². The summed E-state index contributed by atoms with van der Waals surface area (Å²) in [7, 11) is 0. The summed E-state index contributed by atoms with van der Waals surface area (Å²) >= 11 is 5.45. The number of thiophene rings is 1. The fraction of sp³-hybridized carbons (Fsp3) is 0.667. The average molecular weight is 290 g/mol. The molecule has 1 N–H and O–H groups in total. The molecule has 1 aromatic heterocycles. The smallest absolute Gasteiger partial charge is 0.0314 e. The summed E-state index contributed by atoms with van der Waals surface area (Å²) < 4.78 is 1.27. The SMILES string of the molecule is CCC(CNC(C)C)Cc1sccc1Br. The van der Waals surface area contributed by atoms with E-state index in [1.165, 1.54) is 22.2 Å². The fourth-order valence-electron chi connectivity index (χ4n) is 1.50. The van der Waals surface area contributed by atoms with Gasteiger partial charge in [0.15, 0.2) is 0 Å². The Hall–Kier alpha value is 0.140. The van der Waals surface area contributed by atoms with E-state index in [2.05, 4.69) is 53.5 Å². The van der Waals surface area contributed by atoms with Crippen LogP contribution in [0.3, 0.4) is 0 Å². The number of nitrogens with one attached hydrogen (secondary N) is 1. The van der Waals surface area contributed by atoms with Crippen LogP contribution in [0.25, 0.3) is 0 Å². The van der Waals surface area contributed by atoms with Crippen LogP contribution in [-0.2, 0) is 6.42 Å². The first-order valence-corrected chi connectivity index (χ1v) is 7.26. The van der Waals surface area contributed by atoms with Crippen molar-refractivity contribution in [2.45, 2.75) is 39.7 Å². The van der Waals surface area contributed by atoms with E-state index in [9.17, 15) is 0 Å². The monoisotopic (exact) mass is 289 g/mol. The van der Waals surface area contributed by atoms with E-state index >= 15 is 0 Å². The molecule has 1 atom stereocenters. The predicted octanol–water partition coefficient (Wildman–Crippen LogP) is 4.08. The van der Waals surface area contributed by atoms with E-state index < -0.39 is 0 Å². The first-order valence-electron chi connectivity index (χ1n) is 5.58. The molecule has 86 valence electrons. The summed E-state index contributed by atoms with van der Waals surface area (Å²) in [6.07, 6.45) is 2.43. The van der Waals surface area contributed by atoms with E-state index in [1.807, 2.05) is 11.3 Å². The lowest BCUT2D eigenvalue weighted by Gasteiger charge is -2.17. The van der Waals surface area contributed by atoms with Gasteiger partial charge in [-0.1, -0.05) is 27.2 Å². The van der Waals surface area contributed by atoms with Gasteiger partial charge in [0.25, 0.3) is 0 Å². The minimum atomic E-state index is 0.589. The summed E-state index contributed by atoms with van der Waals surface area (Å²) in [5, 5.41) is 5.67. The van der Waals surface area contributed by atoms with Gasteiger partial charge in [-0.3, -0.25) is 0 Å². The number of halogens is 1. The Morgan fingerprint density at radius 3 is 2.67 bits per heavy atom. The van der Waals surface area contributed by atoms with E-state index in [1.54, 1.807) is 0 Å². The van der Waals surface area contributed by atoms with Crippen LogP contribution < -0.4 is 5.32 Å². The second kappa shape index (κ2) is 6.66. The third kappa shape index (κ3) is 4.66.